The van der Waals surface area contributed by atoms with Crippen LogP contribution in [-0.4, -0.2) is 42.2 Å². The lowest BCUT2D eigenvalue weighted by molar-refractivity contribution is -0.120. The SMILES string of the molecule is COc1ccc(C(C)NC(=O)CN(c2ccc(Cl)cc2)S(=O)(=O)c2cc(C)ccc2OC)cc1OC. The number of rotatable bonds is 10. The molecule has 36 heavy (non-hydrogen) atoms. The summed E-state index contributed by atoms with van der Waals surface area (Å²) in [6, 6.07) is 16.0. The van der Waals surface area contributed by atoms with Crippen molar-refractivity contribution in [2.24, 2.45) is 0 Å². The van der Waals surface area contributed by atoms with Gasteiger partial charge in [0.15, 0.2) is 11.5 Å². The molecule has 3 rings (SSSR count). The summed E-state index contributed by atoms with van der Waals surface area (Å²) in [7, 11) is 0.284. The first-order valence-corrected chi connectivity index (χ1v) is 12.9. The van der Waals surface area contributed by atoms with Crippen LogP contribution in [0.4, 0.5) is 5.69 Å². The van der Waals surface area contributed by atoms with Gasteiger partial charge in [-0.1, -0.05) is 23.7 Å². The minimum absolute atomic E-state index is 0.0410. The molecule has 0 spiro atoms. The van der Waals surface area contributed by atoms with Gasteiger partial charge in [0.2, 0.25) is 5.91 Å². The minimum Gasteiger partial charge on any atom is -0.495 e. The van der Waals surface area contributed by atoms with E-state index in [0.717, 1.165) is 15.4 Å². The number of sulfonamides is 1. The molecular formula is C26H29ClN2O6S. The monoisotopic (exact) mass is 532 g/mol. The highest BCUT2D eigenvalue weighted by atomic mass is 35.5. The molecule has 1 amide bonds. The molecule has 0 saturated heterocycles. The van der Waals surface area contributed by atoms with E-state index < -0.39 is 28.5 Å². The van der Waals surface area contributed by atoms with Crippen molar-refractivity contribution < 1.29 is 27.4 Å². The maximum Gasteiger partial charge on any atom is 0.268 e. The van der Waals surface area contributed by atoms with E-state index in [-0.39, 0.29) is 16.3 Å². The molecule has 1 N–H and O–H groups in total. The molecule has 3 aromatic rings. The van der Waals surface area contributed by atoms with Gasteiger partial charge in [0.05, 0.1) is 33.1 Å². The highest BCUT2D eigenvalue weighted by Crippen LogP contribution is 2.32. The van der Waals surface area contributed by atoms with Gasteiger partial charge in [0.1, 0.15) is 17.2 Å². The summed E-state index contributed by atoms with van der Waals surface area (Å²) in [5, 5.41) is 3.30. The smallest absolute Gasteiger partial charge is 0.268 e. The van der Waals surface area contributed by atoms with Gasteiger partial charge in [0.25, 0.3) is 10.0 Å². The lowest BCUT2D eigenvalue weighted by atomic mass is 10.1. The minimum atomic E-state index is -4.18. The lowest BCUT2D eigenvalue weighted by Crippen LogP contribution is -2.41. The summed E-state index contributed by atoms with van der Waals surface area (Å²) in [4.78, 5) is 13.1. The van der Waals surface area contributed by atoms with Crippen molar-refractivity contribution >= 4 is 33.2 Å². The Balaban J connectivity index is 1.93. The van der Waals surface area contributed by atoms with Crippen LogP contribution in [-0.2, 0) is 14.8 Å². The predicted octanol–water partition coefficient (Wildman–Crippen LogP) is 4.75. The van der Waals surface area contributed by atoms with E-state index in [2.05, 4.69) is 5.32 Å². The summed E-state index contributed by atoms with van der Waals surface area (Å²) in [6.45, 7) is 3.12. The Hall–Kier alpha value is -3.43. The number of amides is 1. The van der Waals surface area contributed by atoms with Crippen LogP contribution in [0.25, 0.3) is 0 Å². The highest BCUT2D eigenvalue weighted by Gasteiger charge is 2.30. The first-order valence-electron chi connectivity index (χ1n) is 11.0. The zero-order valence-corrected chi connectivity index (χ0v) is 22.3. The van der Waals surface area contributed by atoms with E-state index >= 15 is 0 Å². The summed E-state index contributed by atoms with van der Waals surface area (Å²) in [5.41, 5.74) is 1.79. The molecule has 0 radical (unpaired) electrons. The molecule has 1 unspecified atom stereocenters. The van der Waals surface area contributed by atoms with Crippen molar-refractivity contribution in [2.75, 3.05) is 32.2 Å². The van der Waals surface area contributed by atoms with E-state index in [1.165, 1.54) is 27.4 Å². The maximum absolute atomic E-state index is 13.8. The van der Waals surface area contributed by atoms with Crippen molar-refractivity contribution in [3.05, 3.63) is 76.8 Å². The van der Waals surface area contributed by atoms with Crippen molar-refractivity contribution in [1.82, 2.24) is 5.32 Å². The second-order valence-electron chi connectivity index (χ2n) is 8.05. The molecule has 3 aromatic carbocycles. The number of nitrogens with one attached hydrogen (secondary N) is 1. The van der Waals surface area contributed by atoms with Crippen molar-refractivity contribution in [2.45, 2.75) is 24.8 Å². The Labute approximate surface area is 216 Å². The van der Waals surface area contributed by atoms with Crippen molar-refractivity contribution in [3.63, 3.8) is 0 Å². The van der Waals surface area contributed by atoms with E-state index in [0.29, 0.717) is 16.5 Å². The Bertz CT molecular complexity index is 1330. The van der Waals surface area contributed by atoms with Gasteiger partial charge >= 0.3 is 0 Å². The van der Waals surface area contributed by atoms with Gasteiger partial charge in [-0.15, -0.1) is 0 Å². The van der Waals surface area contributed by atoms with Crippen LogP contribution in [0, 0.1) is 6.92 Å². The summed E-state index contributed by atoms with van der Waals surface area (Å²) >= 11 is 6.02. The molecule has 0 heterocycles. The Kier molecular flexibility index (Phi) is 8.70. The number of hydrogen-bond donors (Lipinski definition) is 1. The number of carbonyl (C=O) groups is 1. The van der Waals surface area contributed by atoms with Gasteiger partial charge in [-0.3, -0.25) is 9.10 Å². The molecule has 0 saturated carbocycles. The van der Waals surface area contributed by atoms with Crippen LogP contribution in [0.1, 0.15) is 24.1 Å². The average molecular weight is 533 g/mol. The summed E-state index contributed by atoms with van der Waals surface area (Å²) < 4.78 is 44.5. The van der Waals surface area contributed by atoms with Crippen molar-refractivity contribution in [1.29, 1.82) is 0 Å². The molecule has 0 aliphatic carbocycles. The van der Waals surface area contributed by atoms with Crippen LogP contribution in [0.3, 0.4) is 0 Å². The average Bonchev–Trinajstić information content (AvgIpc) is 2.87. The van der Waals surface area contributed by atoms with Gasteiger partial charge in [0, 0.05) is 5.02 Å². The molecule has 0 fully saturated rings. The molecule has 10 heteroatoms. The van der Waals surface area contributed by atoms with E-state index in [1.807, 2.05) is 0 Å². The number of hydrogen-bond acceptors (Lipinski definition) is 6. The fourth-order valence-electron chi connectivity index (χ4n) is 3.65. The third kappa shape index (κ3) is 6.03. The molecular weight excluding hydrogens is 504 g/mol. The summed E-state index contributed by atoms with van der Waals surface area (Å²) in [6.07, 6.45) is 0. The first-order chi connectivity index (χ1) is 17.1. The topological polar surface area (TPSA) is 94.2 Å². The molecule has 8 nitrogen and oxygen atoms in total. The number of benzene rings is 3. The van der Waals surface area contributed by atoms with Crippen LogP contribution in [0.15, 0.2) is 65.6 Å². The first kappa shape index (κ1) is 27.2. The summed E-state index contributed by atoms with van der Waals surface area (Å²) in [5.74, 6) is 0.765. The molecule has 0 bridgehead atoms. The number of aryl methyl sites for hydroxylation is 1. The highest BCUT2D eigenvalue weighted by molar-refractivity contribution is 7.93. The zero-order valence-electron chi connectivity index (χ0n) is 20.7. The molecule has 0 aliphatic heterocycles. The fourth-order valence-corrected chi connectivity index (χ4v) is 5.44. The van der Waals surface area contributed by atoms with Gasteiger partial charge < -0.3 is 19.5 Å². The number of ether oxygens (including phenoxy) is 3. The van der Waals surface area contributed by atoms with Gasteiger partial charge in [-0.25, -0.2) is 8.42 Å². The zero-order chi connectivity index (χ0) is 26.5. The Morgan fingerprint density at radius 3 is 2.14 bits per heavy atom. The normalized spacial score (nSPS) is 11.9. The van der Waals surface area contributed by atoms with Crippen molar-refractivity contribution in [3.8, 4) is 17.2 Å². The van der Waals surface area contributed by atoms with Crippen LogP contribution in [0.5, 0.6) is 17.2 Å². The second-order valence-corrected chi connectivity index (χ2v) is 10.3. The largest absolute Gasteiger partial charge is 0.495 e. The Morgan fingerprint density at radius 1 is 0.917 bits per heavy atom. The van der Waals surface area contributed by atoms with Crippen LogP contribution >= 0.6 is 11.6 Å². The molecule has 1 atom stereocenters. The lowest BCUT2D eigenvalue weighted by Gasteiger charge is -2.26. The third-order valence-electron chi connectivity index (χ3n) is 5.57. The van der Waals surface area contributed by atoms with E-state index in [1.54, 1.807) is 68.4 Å². The number of nitrogens with zero attached hydrogens (tertiary/aromatic N) is 1. The Morgan fingerprint density at radius 2 is 1.53 bits per heavy atom. The quantitative estimate of drug-likeness (QED) is 0.405. The fraction of sp³-hybridized carbons (Fsp3) is 0.269. The molecule has 0 aliphatic rings. The van der Waals surface area contributed by atoms with Crippen LogP contribution < -0.4 is 23.8 Å². The van der Waals surface area contributed by atoms with E-state index in [4.69, 9.17) is 25.8 Å². The van der Waals surface area contributed by atoms with Gasteiger partial charge in [-0.2, -0.15) is 0 Å². The number of halogens is 1. The number of methoxy groups -OCH3 is 3. The third-order valence-corrected chi connectivity index (χ3v) is 7.62. The standard InChI is InChI=1S/C26H29ClN2O6S/c1-17-6-12-23(34-4)25(14-17)36(31,32)29(21-10-8-20(27)9-11-21)16-26(30)28-18(2)19-7-13-22(33-3)24(15-19)35-5/h6-15,18H,16H2,1-5H3,(H,28,30). The molecule has 192 valence electrons. The second kappa shape index (κ2) is 11.5. The predicted molar refractivity (Wildman–Crippen MR) is 140 cm³/mol. The van der Waals surface area contributed by atoms with Gasteiger partial charge in [-0.05, 0) is 73.5 Å². The maximum atomic E-state index is 13.8. The number of carbonyl (C=O) groups excluding carboxylic acids is 1. The van der Waals surface area contributed by atoms with E-state index in [9.17, 15) is 13.2 Å². The number of anilines is 1. The van der Waals surface area contributed by atoms with Crippen LogP contribution in [0.2, 0.25) is 5.02 Å². The molecule has 0 aromatic heterocycles.